The van der Waals surface area contributed by atoms with Gasteiger partial charge in [0.15, 0.2) is 0 Å². The number of aromatic nitrogens is 2. The lowest BCUT2D eigenvalue weighted by Crippen LogP contribution is -2.20. The van der Waals surface area contributed by atoms with E-state index in [1.807, 2.05) is 0 Å². The molecule has 0 aliphatic heterocycles. The summed E-state index contributed by atoms with van der Waals surface area (Å²) in [7, 11) is 0. The molecule has 1 aromatic rings. The minimum absolute atomic E-state index is 1.03. The van der Waals surface area contributed by atoms with E-state index >= 15 is 0 Å². The summed E-state index contributed by atoms with van der Waals surface area (Å²) in [6.45, 7) is 6.31. The van der Waals surface area contributed by atoms with Crippen molar-refractivity contribution in [2.45, 2.75) is 13.8 Å². The topological polar surface area (TPSA) is 29.0 Å². The quantitative estimate of drug-likeness (QED) is 0.664. The molecule has 0 radical (unpaired) electrons. The number of rotatable bonds is 3. The Morgan fingerprint density at radius 1 is 1.50 bits per heavy atom. The van der Waals surface area contributed by atoms with Gasteiger partial charge in [-0.3, -0.25) is 0 Å². The molecule has 4 heteroatoms. The summed E-state index contributed by atoms with van der Waals surface area (Å²) >= 11 is 1.44. The molecule has 0 fully saturated rings. The van der Waals surface area contributed by atoms with Crippen LogP contribution in [0.15, 0.2) is 6.20 Å². The maximum absolute atomic E-state index is 3.79. The SMILES string of the molecule is CCN(CC)c1cnns1. The highest BCUT2D eigenvalue weighted by Crippen LogP contribution is 2.15. The van der Waals surface area contributed by atoms with Gasteiger partial charge in [0.05, 0.1) is 6.20 Å². The molecule has 3 nitrogen and oxygen atoms in total. The second kappa shape index (κ2) is 3.51. The van der Waals surface area contributed by atoms with Gasteiger partial charge >= 0.3 is 0 Å². The van der Waals surface area contributed by atoms with Crippen LogP contribution >= 0.6 is 11.5 Å². The van der Waals surface area contributed by atoms with Crippen LogP contribution in [0.2, 0.25) is 0 Å². The summed E-state index contributed by atoms with van der Waals surface area (Å²) in [6, 6.07) is 0. The van der Waals surface area contributed by atoms with E-state index in [0.717, 1.165) is 18.1 Å². The fraction of sp³-hybridized carbons (Fsp3) is 0.667. The third-order valence-corrected chi connectivity index (χ3v) is 2.15. The maximum Gasteiger partial charge on any atom is 0.132 e. The predicted molar refractivity (Wildman–Crippen MR) is 43.5 cm³/mol. The van der Waals surface area contributed by atoms with Crippen molar-refractivity contribution in [1.29, 1.82) is 0 Å². The second-order valence-electron chi connectivity index (χ2n) is 1.93. The van der Waals surface area contributed by atoms with E-state index in [1.54, 1.807) is 6.20 Å². The monoisotopic (exact) mass is 157 g/mol. The molecule has 0 atom stereocenters. The number of nitrogens with zero attached hydrogens (tertiary/aromatic N) is 3. The van der Waals surface area contributed by atoms with Gasteiger partial charge in [-0.05, 0) is 13.8 Å². The lowest BCUT2D eigenvalue weighted by Gasteiger charge is -2.16. The molecular formula is C6H11N3S. The van der Waals surface area contributed by atoms with Crippen molar-refractivity contribution >= 4 is 16.5 Å². The van der Waals surface area contributed by atoms with E-state index in [2.05, 4.69) is 28.3 Å². The van der Waals surface area contributed by atoms with E-state index in [0.29, 0.717) is 0 Å². The highest BCUT2D eigenvalue weighted by molar-refractivity contribution is 7.09. The van der Waals surface area contributed by atoms with E-state index < -0.39 is 0 Å². The predicted octanol–water partition coefficient (Wildman–Crippen LogP) is 1.38. The zero-order valence-corrected chi connectivity index (χ0v) is 7.06. The van der Waals surface area contributed by atoms with Gasteiger partial charge in [-0.2, -0.15) is 0 Å². The van der Waals surface area contributed by atoms with Crippen molar-refractivity contribution in [3.05, 3.63) is 6.20 Å². The van der Waals surface area contributed by atoms with Crippen LogP contribution in [0.3, 0.4) is 0 Å². The fourth-order valence-electron chi connectivity index (χ4n) is 0.837. The fourth-order valence-corrected chi connectivity index (χ4v) is 1.48. The Morgan fingerprint density at radius 3 is 2.60 bits per heavy atom. The van der Waals surface area contributed by atoms with Gasteiger partial charge in [-0.1, -0.05) is 4.49 Å². The Bertz CT molecular complexity index is 169. The zero-order chi connectivity index (χ0) is 7.40. The van der Waals surface area contributed by atoms with Gasteiger partial charge in [-0.25, -0.2) is 0 Å². The van der Waals surface area contributed by atoms with Crippen LogP contribution in [0.5, 0.6) is 0 Å². The third kappa shape index (κ3) is 1.44. The van der Waals surface area contributed by atoms with Crippen LogP contribution < -0.4 is 4.90 Å². The summed E-state index contributed by atoms with van der Waals surface area (Å²) in [4.78, 5) is 2.23. The summed E-state index contributed by atoms with van der Waals surface area (Å²) in [5.41, 5.74) is 0. The molecular weight excluding hydrogens is 146 g/mol. The Balaban J connectivity index is 2.64. The van der Waals surface area contributed by atoms with Gasteiger partial charge in [0.25, 0.3) is 0 Å². The Hall–Kier alpha value is -0.640. The summed E-state index contributed by atoms with van der Waals surface area (Å²) in [5, 5.41) is 4.92. The average molecular weight is 157 g/mol. The summed E-state index contributed by atoms with van der Waals surface area (Å²) < 4.78 is 3.79. The van der Waals surface area contributed by atoms with E-state index in [1.165, 1.54) is 11.5 Å². The number of hydrogen-bond donors (Lipinski definition) is 0. The molecule has 0 unspecified atom stereocenters. The van der Waals surface area contributed by atoms with Gasteiger partial charge < -0.3 is 4.90 Å². The Labute approximate surface area is 64.8 Å². The largest absolute Gasteiger partial charge is 0.361 e. The highest BCUT2D eigenvalue weighted by atomic mass is 32.1. The summed E-state index contributed by atoms with van der Waals surface area (Å²) in [6.07, 6.45) is 1.80. The van der Waals surface area contributed by atoms with Crippen molar-refractivity contribution in [3.63, 3.8) is 0 Å². The molecule has 0 aliphatic carbocycles. The molecule has 1 rings (SSSR count). The van der Waals surface area contributed by atoms with Crippen molar-refractivity contribution in [1.82, 2.24) is 9.59 Å². The average Bonchev–Trinajstić information content (AvgIpc) is 2.43. The number of anilines is 1. The molecule has 0 N–H and O–H groups in total. The first kappa shape index (κ1) is 7.47. The first-order valence-corrected chi connectivity index (χ1v) is 4.18. The number of hydrogen-bond acceptors (Lipinski definition) is 4. The van der Waals surface area contributed by atoms with Crippen LogP contribution in [-0.2, 0) is 0 Å². The molecule has 1 aromatic heterocycles. The van der Waals surface area contributed by atoms with Crippen molar-refractivity contribution in [2.75, 3.05) is 18.0 Å². The van der Waals surface area contributed by atoms with Crippen LogP contribution in [0.1, 0.15) is 13.8 Å². The first-order chi connectivity index (χ1) is 4.88. The Morgan fingerprint density at radius 2 is 2.20 bits per heavy atom. The van der Waals surface area contributed by atoms with Crippen LogP contribution in [0.4, 0.5) is 5.00 Å². The zero-order valence-electron chi connectivity index (χ0n) is 6.24. The van der Waals surface area contributed by atoms with Crippen LogP contribution in [0.25, 0.3) is 0 Å². The molecule has 0 bridgehead atoms. The molecule has 0 saturated heterocycles. The normalized spacial score (nSPS) is 9.80. The molecule has 0 amide bonds. The van der Waals surface area contributed by atoms with Crippen molar-refractivity contribution < 1.29 is 0 Å². The van der Waals surface area contributed by atoms with E-state index in [9.17, 15) is 0 Å². The van der Waals surface area contributed by atoms with Gasteiger partial charge in [0, 0.05) is 24.6 Å². The standard InChI is InChI=1S/C6H11N3S/c1-3-9(4-2)6-5-7-8-10-6/h5H,3-4H2,1-2H3. The molecule has 0 spiro atoms. The highest BCUT2D eigenvalue weighted by Gasteiger charge is 2.01. The molecule has 10 heavy (non-hydrogen) atoms. The van der Waals surface area contributed by atoms with Crippen molar-refractivity contribution in [3.8, 4) is 0 Å². The summed E-state index contributed by atoms with van der Waals surface area (Å²) in [5.74, 6) is 0. The lowest BCUT2D eigenvalue weighted by atomic mass is 10.5. The third-order valence-electron chi connectivity index (χ3n) is 1.42. The van der Waals surface area contributed by atoms with Crippen molar-refractivity contribution in [2.24, 2.45) is 0 Å². The minimum atomic E-state index is 1.03. The van der Waals surface area contributed by atoms with Gasteiger partial charge in [0.1, 0.15) is 5.00 Å². The second-order valence-corrected chi connectivity index (χ2v) is 2.69. The molecule has 1 heterocycles. The van der Waals surface area contributed by atoms with Crippen LogP contribution in [0, 0.1) is 0 Å². The Kier molecular flexibility index (Phi) is 2.62. The van der Waals surface area contributed by atoms with E-state index in [-0.39, 0.29) is 0 Å². The van der Waals surface area contributed by atoms with Crippen LogP contribution in [-0.4, -0.2) is 22.7 Å². The van der Waals surface area contributed by atoms with Gasteiger partial charge in [0.2, 0.25) is 0 Å². The molecule has 56 valence electrons. The minimum Gasteiger partial charge on any atom is -0.361 e. The lowest BCUT2D eigenvalue weighted by molar-refractivity contribution is 0.874. The maximum atomic E-state index is 3.79. The smallest absolute Gasteiger partial charge is 0.132 e. The molecule has 0 saturated carbocycles. The van der Waals surface area contributed by atoms with E-state index in [4.69, 9.17) is 0 Å². The van der Waals surface area contributed by atoms with Gasteiger partial charge in [-0.15, -0.1) is 5.10 Å². The molecule has 0 aliphatic rings. The molecule has 0 aromatic carbocycles. The first-order valence-electron chi connectivity index (χ1n) is 3.40.